The highest BCUT2D eigenvalue weighted by Gasteiger charge is 2.50. The summed E-state index contributed by atoms with van der Waals surface area (Å²) in [5.41, 5.74) is 5.72. The van der Waals surface area contributed by atoms with Crippen LogP contribution in [0.25, 0.3) is 0 Å². The number of rotatable bonds is 5. The minimum atomic E-state index is -0.785. The Labute approximate surface area is 127 Å². The lowest BCUT2D eigenvalue weighted by Crippen LogP contribution is -2.63. The van der Waals surface area contributed by atoms with Crippen LogP contribution in [0.15, 0.2) is 0 Å². The van der Waals surface area contributed by atoms with Gasteiger partial charge in [-0.2, -0.15) is 0 Å². The summed E-state index contributed by atoms with van der Waals surface area (Å²) in [6.45, 7) is 7.39. The minimum absolute atomic E-state index is 0.196. The van der Waals surface area contributed by atoms with E-state index in [1.54, 1.807) is 0 Å². The van der Waals surface area contributed by atoms with Crippen LogP contribution in [0.3, 0.4) is 0 Å². The van der Waals surface area contributed by atoms with Gasteiger partial charge in [-0.3, -0.25) is 9.80 Å². The minimum Gasteiger partial charge on any atom is -0.465 e. The van der Waals surface area contributed by atoms with Gasteiger partial charge in [0, 0.05) is 32.2 Å². The molecule has 0 radical (unpaired) electrons. The summed E-state index contributed by atoms with van der Waals surface area (Å²) in [5.74, 6) is 0.125. The molecule has 120 valence electrons. The zero-order valence-corrected chi connectivity index (χ0v) is 13.2. The summed E-state index contributed by atoms with van der Waals surface area (Å²) in [6, 6.07) is 0.665. The quantitative estimate of drug-likeness (QED) is 0.761. The summed E-state index contributed by atoms with van der Waals surface area (Å²) < 4.78 is 5.26. The van der Waals surface area contributed by atoms with Crippen molar-refractivity contribution in [2.75, 3.05) is 39.3 Å². The van der Waals surface area contributed by atoms with Gasteiger partial charge in [-0.25, -0.2) is 4.79 Å². The average Bonchev–Trinajstić information content (AvgIpc) is 3.32. The van der Waals surface area contributed by atoms with Gasteiger partial charge >= 0.3 is 5.97 Å². The molecule has 0 bridgehead atoms. The molecule has 1 aliphatic carbocycles. The van der Waals surface area contributed by atoms with Gasteiger partial charge < -0.3 is 10.5 Å². The molecule has 0 aromatic rings. The number of esters is 1. The van der Waals surface area contributed by atoms with Crippen LogP contribution in [0.5, 0.6) is 0 Å². The van der Waals surface area contributed by atoms with E-state index in [9.17, 15) is 4.79 Å². The first-order chi connectivity index (χ1) is 10.1. The fraction of sp³-hybridized carbons (Fsp3) is 0.938. The van der Waals surface area contributed by atoms with E-state index in [0.29, 0.717) is 25.1 Å². The van der Waals surface area contributed by atoms with Gasteiger partial charge in [0.05, 0.1) is 6.61 Å². The molecule has 2 atom stereocenters. The predicted molar refractivity (Wildman–Crippen MR) is 81.9 cm³/mol. The average molecular weight is 295 g/mol. The second-order valence-corrected chi connectivity index (χ2v) is 6.96. The SMILES string of the molecule is CCOC(=O)C(N)(CN1CCN2CCCCC2C1)C1CC1. The fourth-order valence-electron chi connectivity index (χ4n) is 3.96. The highest BCUT2D eigenvalue weighted by molar-refractivity contribution is 5.82. The molecule has 3 aliphatic rings. The number of nitrogens with zero attached hydrogens (tertiary/aromatic N) is 2. The monoisotopic (exact) mass is 295 g/mol. The first kappa shape index (κ1) is 15.3. The maximum absolute atomic E-state index is 12.3. The molecule has 5 heteroatoms. The van der Waals surface area contributed by atoms with Gasteiger partial charge in [-0.15, -0.1) is 0 Å². The Kier molecular flexibility index (Phi) is 4.52. The molecular weight excluding hydrogens is 266 g/mol. The molecule has 0 aromatic carbocycles. The molecule has 0 amide bonds. The number of nitrogens with two attached hydrogens (primary N) is 1. The van der Waals surface area contributed by atoms with Crippen molar-refractivity contribution < 1.29 is 9.53 Å². The van der Waals surface area contributed by atoms with Gasteiger partial charge in [-0.05, 0) is 45.1 Å². The number of piperidine rings is 1. The first-order valence-electron chi connectivity index (χ1n) is 8.56. The standard InChI is InChI=1S/C16H29N3O2/c1-2-21-15(20)16(17,13-6-7-13)12-18-9-10-19-8-4-3-5-14(19)11-18/h13-14H,2-12,17H2,1H3. The van der Waals surface area contributed by atoms with Crippen molar-refractivity contribution in [2.24, 2.45) is 11.7 Å². The van der Waals surface area contributed by atoms with Crippen molar-refractivity contribution in [1.82, 2.24) is 9.80 Å². The molecular formula is C16H29N3O2. The number of carbonyl (C=O) groups is 1. The number of carbonyl (C=O) groups excluding carboxylic acids is 1. The third-order valence-corrected chi connectivity index (χ3v) is 5.37. The maximum atomic E-state index is 12.3. The molecule has 3 rings (SSSR count). The Bertz CT molecular complexity index is 386. The van der Waals surface area contributed by atoms with E-state index >= 15 is 0 Å². The zero-order chi connectivity index (χ0) is 14.9. The summed E-state index contributed by atoms with van der Waals surface area (Å²) >= 11 is 0. The van der Waals surface area contributed by atoms with Crippen molar-refractivity contribution in [1.29, 1.82) is 0 Å². The molecule has 2 aliphatic heterocycles. The maximum Gasteiger partial charge on any atom is 0.327 e. The number of hydrogen-bond acceptors (Lipinski definition) is 5. The van der Waals surface area contributed by atoms with E-state index < -0.39 is 5.54 Å². The van der Waals surface area contributed by atoms with E-state index in [0.717, 1.165) is 32.5 Å². The second kappa shape index (κ2) is 6.23. The molecule has 2 N–H and O–H groups in total. The molecule has 5 nitrogen and oxygen atoms in total. The Balaban J connectivity index is 1.62. The van der Waals surface area contributed by atoms with Crippen molar-refractivity contribution in [3.05, 3.63) is 0 Å². The summed E-state index contributed by atoms with van der Waals surface area (Å²) in [4.78, 5) is 17.3. The third kappa shape index (κ3) is 3.25. The van der Waals surface area contributed by atoms with Gasteiger partial charge in [0.1, 0.15) is 5.54 Å². The number of hydrogen-bond donors (Lipinski definition) is 1. The highest BCUT2D eigenvalue weighted by Crippen LogP contribution is 2.40. The van der Waals surface area contributed by atoms with Crippen LogP contribution in [-0.4, -0.2) is 66.7 Å². The Hall–Kier alpha value is -0.650. The number of fused-ring (bicyclic) bond motifs is 1. The number of ether oxygens (including phenoxy) is 1. The smallest absolute Gasteiger partial charge is 0.327 e. The van der Waals surface area contributed by atoms with Crippen LogP contribution in [0.1, 0.15) is 39.0 Å². The van der Waals surface area contributed by atoms with E-state index in [-0.39, 0.29) is 5.97 Å². The van der Waals surface area contributed by atoms with Crippen molar-refractivity contribution in [3.63, 3.8) is 0 Å². The third-order valence-electron chi connectivity index (χ3n) is 5.37. The fourth-order valence-corrected chi connectivity index (χ4v) is 3.96. The zero-order valence-electron chi connectivity index (χ0n) is 13.2. The van der Waals surface area contributed by atoms with Gasteiger partial charge in [0.15, 0.2) is 0 Å². The number of piperazine rings is 1. The molecule has 0 aromatic heterocycles. The lowest BCUT2D eigenvalue weighted by Gasteiger charge is -2.46. The molecule has 2 unspecified atom stereocenters. The van der Waals surface area contributed by atoms with Gasteiger partial charge in [-0.1, -0.05) is 6.42 Å². The van der Waals surface area contributed by atoms with Gasteiger partial charge in [0.25, 0.3) is 0 Å². The molecule has 0 spiro atoms. The van der Waals surface area contributed by atoms with Gasteiger partial charge in [0.2, 0.25) is 0 Å². The van der Waals surface area contributed by atoms with E-state index in [1.165, 1.54) is 25.8 Å². The molecule has 21 heavy (non-hydrogen) atoms. The molecule has 2 saturated heterocycles. The van der Waals surface area contributed by atoms with E-state index in [4.69, 9.17) is 10.5 Å². The van der Waals surface area contributed by atoms with Crippen LogP contribution >= 0.6 is 0 Å². The van der Waals surface area contributed by atoms with E-state index in [2.05, 4.69) is 9.80 Å². The summed E-state index contributed by atoms with van der Waals surface area (Å²) in [7, 11) is 0. The van der Waals surface area contributed by atoms with Crippen LogP contribution in [0, 0.1) is 5.92 Å². The van der Waals surface area contributed by atoms with Crippen LogP contribution < -0.4 is 5.73 Å². The summed E-state index contributed by atoms with van der Waals surface area (Å²) in [5, 5.41) is 0. The Morgan fingerprint density at radius 1 is 1.24 bits per heavy atom. The predicted octanol–water partition coefficient (Wildman–Crippen LogP) is 0.827. The van der Waals surface area contributed by atoms with Crippen LogP contribution in [-0.2, 0) is 9.53 Å². The molecule has 3 fully saturated rings. The van der Waals surface area contributed by atoms with Crippen LogP contribution in [0.4, 0.5) is 0 Å². The lowest BCUT2D eigenvalue weighted by atomic mass is 9.92. The van der Waals surface area contributed by atoms with Crippen LogP contribution in [0.2, 0.25) is 0 Å². The van der Waals surface area contributed by atoms with E-state index in [1.807, 2.05) is 6.92 Å². The van der Waals surface area contributed by atoms with Crippen molar-refractivity contribution in [3.8, 4) is 0 Å². The topological polar surface area (TPSA) is 58.8 Å². The lowest BCUT2D eigenvalue weighted by molar-refractivity contribution is -0.152. The normalized spacial score (nSPS) is 30.5. The first-order valence-corrected chi connectivity index (χ1v) is 8.56. The highest BCUT2D eigenvalue weighted by atomic mass is 16.5. The second-order valence-electron chi connectivity index (χ2n) is 6.96. The summed E-state index contributed by atoms with van der Waals surface area (Å²) in [6.07, 6.45) is 6.10. The molecule has 2 heterocycles. The Morgan fingerprint density at radius 3 is 2.76 bits per heavy atom. The molecule has 1 saturated carbocycles. The van der Waals surface area contributed by atoms with Crippen molar-refractivity contribution >= 4 is 5.97 Å². The Morgan fingerprint density at radius 2 is 2.05 bits per heavy atom. The largest absolute Gasteiger partial charge is 0.465 e. The van der Waals surface area contributed by atoms with Crippen molar-refractivity contribution in [2.45, 2.75) is 50.6 Å².